The maximum absolute atomic E-state index is 11.3. The minimum absolute atomic E-state index is 0.256. The normalized spacial score (nSPS) is 10.9. The molecule has 0 fully saturated rings. The first-order valence-electron chi connectivity index (χ1n) is 4.77. The van der Waals surface area contributed by atoms with Crippen LogP contribution in [-0.2, 0) is 4.84 Å². The SMILES string of the molecule is CC(C)(C)NOC(=O)Nc1ccccc1. The van der Waals surface area contributed by atoms with Crippen molar-refractivity contribution in [2.75, 3.05) is 5.32 Å². The molecule has 0 unspecified atom stereocenters. The van der Waals surface area contributed by atoms with E-state index in [0.29, 0.717) is 5.69 Å². The van der Waals surface area contributed by atoms with Crippen LogP contribution in [0.2, 0.25) is 0 Å². The van der Waals surface area contributed by atoms with Crippen molar-refractivity contribution in [1.82, 2.24) is 5.48 Å². The number of carbonyl (C=O) groups is 1. The van der Waals surface area contributed by atoms with Crippen molar-refractivity contribution in [3.05, 3.63) is 30.3 Å². The third-order valence-corrected chi connectivity index (χ3v) is 1.47. The lowest BCUT2D eigenvalue weighted by atomic mass is 10.1. The number of rotatable bonds is 2. The number of hydroxylamine groups is 1. The summed E-state index contributed by atoms with van der Waals surface area (Å²) in [5, 5.41) is 2.59. The van der Waals surface area contributed by atoms with Gasteiger partial charge < -0.3 is 4.84 Å². The lowest BCUT2D eigenvalue weighted by Crippen LogP contribution is -2.38. The Hall–Kier alpha value is -1.55. The minimum Gasteiger partial charge on any atom is -0.353 e. The van der Waals surface area contributed by atoms with Crippen LogP contribution < -0.4 is 10.8 Å². The van der Waals surface area contributed by atoms with Gasteiger partial charge in [0.2, 0.25) is 0 Å². The molecule has 0 heterocycles. The molecular weight excluding hydrogens is 192 g/mol. The van der Waals surface area contributed by atoms with Crippen LogP contribution in [0.1, 0.15) is 20.8 Å². The molecule has 0 spiro atoms. The molecule has 1 aromatic rings. The number of anilines is 1. The van der Waals surface area contributed by atoms with Crippen LogP contribution in [-0.4, -0.2) is 11.6 Å². The van der Waals surface area contributed by atoms with Crippen LogP contribution in [0.25, 0.3) is 0 Å². The van der Waals surface area contributed by atoms with E-state index in [0.717, 1.165) is 0 Å². The number of amides is 1. The third-order valence-electron chi connectivity index (χ3n) is 1.47. The highest BCUT2D eigenvalue weighted by molar-refractivity contribution is 5.84. The van der Waals surface area contributed by atoms with Crippen LogP contribution in [0.4, 0.5) is 10.5 Å². The van der Waals surface area contributed by atoms with E-state index in [1.807, 2.05) is 39.0 Å². The van der Waals surface area contributed by atoms with E-state index in [1.54, 1.807) is 12.1 Å². The fourth-order valence-electron chi connectivity index (χ4n) is 0.864. The Morgan fingerprint density at radius 2 is 1.80 bits per heavy atom. The lowest BCUT2D eigenvalue weighted by molar-refractivity contribution is 0.0579. The van der Waals surface area contributed by atoms with Gasteiger partial charge in [-0.25, -0.2) is 4.79 Å². The van der Waals surface area contributed by atoms with Gasteiger partial charge in [-0.05, 0) is 32.9 Å². The first-order valence-corrected chi connectivity index (χ1v) is 4.77. The Kier molecular flexibility index (Phi) is 3.68. The average Bonchev–Trinajstić information content (AvgIpc) is 2.15. The molecule has 15 heavy (non-hydrogen) atoms. The van der Waals surface area contributed by atoms with E-state index in [-0.39, 0.29) is 5.54 Å². The quantitative estimate of drug-likeness (QED) is 0.734. The maximum atomic E-state index is 11.3. The number of benzene rings is 1. The van der Waals surface area contributed by atoms with Crippen molar-refractivity contribution in [3.63, 3.8) is 0 Å². The van der Waals surface area contributed by atoms with E-state index < -0.39 is 6.09 Å². The summed E-state index contributed by atoms with van der Waals surface area (Å²) in [4.78, 5) is 16.1. The van der Waals surface area contributed by atoms with Gasteiger partial charge in [0.05, 0.1) is 0 Å². The van der Waals surface area contributed by atoms with Gasteiger partial charge in [0.25, 0.3) is 0 Å². The van der Waals surface area contributed by atoms with Crippen LogP contribution in [0.5, 0.6) is 0 Å². The zero-order valence-corrected chi connectivity index (χ0v) is 9.20. The highest BCUT2D eigenvalue weighted by Crippen LogP contribution is 2.05. The second-order valence-corrected chi connectivity index (χ2v) is 4.23. The lowest BCUT2D eigenvalue weighted by Gasteiger charge is -2.19. The second kappa shape index (κ2) is 4.79. The molecule has 4 heteroatoms. The van der Waals surface area contributed by atoms with Crippen molar-refractivity contribution in [2.24, 2.45) is 0 Å². The van der Waals surface area contributed by atoms with Crippen LogP contribution >= 0.6 is 0 Å². The fraction of sp³-hybridized carbons (Fsp3) is 0.364. The van der Waals surface area contributed by atoms with Gasteiger partial charge in [0.15, 0.2) is 0 Å². The van der Waals surface area contributed by atoms with Gasteiger partial charge in [0, 0.05) is 11.2 Å². The fourth-order valence-corrected chi connectivity index (χ4v) is 0.864. The predicted molar refractivity (Wildman–Crippen MR) is 59.4 cm³/mol. The zero-order valence-electron chi connectivity index (χ0n) is 9.20. The van der Waals surface area contributed by atoms with Gasteiger partial charge in [-0.3, -0.25) is 5.32 Å². The molecule has 0 atom stereocenters. The third kappa shape index (κ3) is 5.02. The first kappa shape index (κ1) is 11.5. The standard InChI is InChI=1S/C11H16N2O2/c1-11(2,3)13-15-10(14)12-9-7-5-4-6-8-9/h4-8,13H,1-3H3,(H,12,14). The van der Waals surface area contributed by atoms with Crippen molar-refractivity contribution in [3.8, 4) is 0 Å². The summed E-state index contributed by atoms with van der Waals surface area (Å²) in [6.45, 7) is 5.72. The highest BCUT2D eigenvalue weighted by Gasteiger charge is 2.12. The maximum Gasteiger partial charge on any atom is 0.430 e. The van der Waals surface area contributed by atoms with Crippen LogP contribution in [0, 0.1) is 0 Å². The largest absolute Gasteiger partial charge is 0.430 e. The molecule has 0 bridgehead atoms. The van der Waals surface area contributed by atoms with Crippen molar-refractivity contribution >= 4 is 11.8 Å². The van der Waals surface area contributed by atoms with Crippen molar-refractivity contribution in [2.45, 2.75) is 26.3 Å². The zero-order chi connectivity index (χ0) is 11.3. The number of hydrogen-bond acceptors (Lipinski definition) is 3. The molecule has 1 amide bonds. The van der Waals surface area contributed by atoms with Gasteiger partial charge in [-0.2, -0.15) is 0 Å². The Bertz CT molecular complexity index is 317. The molecule has 0 radical (unpaired) electrons. The summed E-state index contributed by atoms with van der Waals surface area (Å²) in [5.41, 5.74) is 3.08. The topological polar surface area (TPSA) is 50.4 Å². The Labute approximate surface area is 89.6 Å². The van der Waals surface area contributed by atoms with E-state index in [4.69, 9.17) is 4.84 Å². The molecule has 0 aliphatic heterocycles. The van der Waals surface area contributed by atoms with Gasteiger partial charge in [0.1, 0.15) is 0 Å². The summed E-state index contributed by atoms with van der Waals surface area (Å²) in [6.07, 6.45) is -0.517. The van der Waals surface area contributed by atoms with Gasteiger partial charge in [-0.1, -0.05) is 18.2 Å². The highest BCUT2D eigenvalue weighted by atomic mass is 16.7. The minimum atomic E-state index is -0.517. The van der Waals surface area contributed by atoms with E-state index in [2.05, 4.69) is 10.8 Å². The van der Waals surface area contributed by atoms with E-state index >= 15 is 0 Å². The van der Waals surface area contributed by atoms with E-state index in [1.165, 1.54) is 0 Å². The molecular formula is C11H16N2O2. The molecule has 82 valence electrons. The number of carbonyl (C=O) groups excluding carboxylic acids is 1. The number of para-hydroxylation sites is 1. The summed E-state index contributed by atoms with van der Waals surface area (Å²) in [7, 11) is 0. The summed E-state index contributed by atoms with van der Waals surface area (Å²) in [6, 6.07) is 9.14. The summed E-state index contributed by atoms with van der Waals surface area (Å²) >= 11 is 0. The molecule has 0 saturated carbocycles. The van der Waals surface area contributed by atoms with Crippen molar-refractivity contribution < 1.29 is 9.63 Å². The smallest absolute Gasteiger partial charge is 0.353 e. The Morgan fingerprint density at radius 1 is 1.20 bits per heavy atom. The monoisotopic (exact) mass is 208 g/mol. The molecule has 0 aromatic heterocycles. The first-order chi connectivity index (χ1) is 6.97. The predicted octanol–water partition coefficient (Wildman–Crippen LogP) is 2.54. The summed E-state index contributed by atoms with van der Waals surface area (Å²) in [5.74, 6) is 0. The van der Waals surface area contributed by atoms with E-state index in [9.17, 15) is 4.79 Å². The molecule has 0 aliphatic carbocycles. The van der Waals surface area contributed by atoms with Gasteiger partial charge in [-0.15, -0.1) is 5.48 Å². The summed E-state index contributed by atoms with van der Waals surface area (Å²) < 4.78 is 0. The molecule has 1 aromatic carbocycles. The second-order valence-electron chi connectivity index (χ2n) is 4.23. The average molecular weight is 208 g/mol. The molecule has 0 saturated heterocycles. The number of nitrogens with one attached hydrogen (secondary N) is 2. The molecule has 0 aliphatic rings. The van der Waals surface area contributed by atoms with Crippen LogP contribution in [0.15, 0.2) is 30.3 Å². The Morgan fingerprint density at radius 3 is 2.33 bits per heavy atom. The van der Waals surface area contributed by atoms with Crippen molar-refractivity contribution in [1.29, 1.82) is 0 Å². The van der Waals surface area contributed by atoms with Crippen LogP contribution in [0.3, 0.4) is 0 Å². The molecule has 1 rings (SSSR count). The molecule has 2 N–H and O–H groups in total. The van der Waals surface area contributed by atoms with Gasteiger partial charge >= 0.3 is 6.09 Å². The molecule has 4 nitrogen and oxygen atoms in total. The number of hydrogen-bond donors (Lipinski definition) is 2. The Balaban J connectivity index is 2.38.